The number of halogens is 1. The van der Waals surface area contributed by atoms with Gasteiger partial charge in [0.1, 0.15) is 10.6 Å². The summed E-state index contributed by atoms with van der Waals surface area (Å²) in [6.07, 6.45) is 1.43. The molecule has 0 aliphatic rings. The van der Waals surface area contributed by atoms with Gasteiger partial charge in [-0.15, -0.1) is 0 Å². The summed E-state index contributed by atoms with van der Waals surface area (Å²) < 4.78 is 26.1. The highest BCUT2D eigenvalue weighted by Gasteiger charge is 2.21. The first-order chi connectivity index (χ1) is 9.27. The number of allylic oxidation sites excluding steroid dienone is 1. The Hall–Kier alpha value is -1.66. The van der Waals surface area contributed by atoms with E-state index in [1.165, 1.54) is 24.3 Å². The highest BCUT2D eigenvalue weighted by atomic mass is 35.5. The average Bonchev–Trinajstić information content (AvgIpc) is 2.35. The minimum atomic E-state index is -4.02. The first-order valence-electron chi connectivity index (χ1n) is 5.78. The maximum absolute atomic E-state index is 12.1. The molecule has 0 atom stereocenters. The molecule has 1 rings (SSSR count). The predicted octanol–water partition coefficient (Wildman–Crippen LogP) is 2.53. The lowest BCUT2D eigenvalue weighted by Crippen LogP contribution is -2.31. The van der Waals surface area contributed by atoms with Crippen LogP contribution in [0.3, 0.4) is 0 Å². The second kappa shape index (κ2) is 6.67. The number of carbonyl (C=O) groups excluding carboxylic acids is 1. The van der Waals surface area contributed by atoms with Gasteiger partial charge in [-0.05, 0) is 32.9 Å². The van der Waals surface area contributed by atoms with Gasteiger partial charge in [-0.1, -0.05) is 29.8 Å². The van der Waals surface area contributed by atoms with Gasteiger partial charge in [0.25, 0.3) is 15.9 Å². The van der Waals surface area contributed by atoms with Crippen molar-refractivity contribution in [2.75, 3.05) is 0 Å². The van der Waals surface area contributed by atoms with E-state index in [-0.39, 0.29) is 15.6 Å². The van der Waals surface area contributed by atoms with E-state index in [0.717, 1.165) is 0 Å². The van der Waals surface area contributed by atoms with Gasteiger partial charge in [-0.2, -0.15) is 0 Å². The minimum Gasteiger partial charge on any atom is -0.266 e. The monoisotopic (exact) mass is 314 g/mol. The number of benzene rings is 1. The summed E-state index contributed by atoms with van der Waals surface area (Å²) in [5, 5.41) is 0.0463. The third-order valence-corrected chi connectivity index (χ3v) is 4.03. The summed E-state index contributed by atoms with van der Waals surface area (Å²) in [6, 6.07) is 5.88. The molecule has 1 amide bonds. The molecule has 0 heterocycles. The molecule has 1 aromatic carbocycles. The fraction of sp³-hybridized carbons (Fsp3) is 0.231. The lowest BCUT2D eigenvalue weighted by Gasteiger charge is -2.08. The SMILES string of the molecule is C/C=C(\N=C(C)C)C(=O)NS(=O)(=O)c1ccccc1Cl. The molecule has 0 radical (unpaired) electrons. The summed E-state index contributed by atoms with van der Waals surface area (Å²) in [6.45, 7) is 5.02. The number of hydrogen-bond donors (Lipinski definition) is 1. The molecular weight excluding hydrogens is 300 g/mol. The Morgan fingerprint density at radius 2 is 1.90 bits per heavy atom. The molecule has 1 aromatic rings. The van der Waals surface area contributed by atoms with Crippen LogP contribution in [0.1, 0.15) is 20.8 Å². The van der Waals surface area contributed by atoms with Gasteiger partial charge in [0.15, 0.2) is 0 Å². The van der Waals surface area contributed by atoms with Crippen LogP contribution in [-0.4, -0.2) is 20.0 Å². The van der Waals surface area contributed by atoms with E-state index in [4.69, 9.17) is 11.6 Å². The Bertz CT molecular complexity index is 675. The fourth-order valence-corrected chi connectivity index (χ4v) is 2.86. The Balaban J connectivity index is 3.07. The lowest BCUT2D eigenvalue weighted by atomic mass is 10.4. The maximum atomic E-state index is 12.1. The molecule has 7 heteroatoms. The number of nitrogens with one attached hydrogen (secondary N) is 1. The van der Waals surface area contributed by atoms with Crippen LogP contribution >= 0.6 is 11.6 Å². The predicted molar refractivity (Wildman–Crippen MR) is 79.3 cm³/mol. The molecule has 0 fully saturated rings. The van der Waals surface area contributed by atoms with E-state index >= 15 is 0 Å². The Labute approximate surface area is 123 Å². The van der Waals surface area contributed by atoms with Gasteiger partial charge in [-0.3, -0.25) is 9.79 Å². The van der Waals surface area contributed by atoms with Gasteiger partial charge in [0.2, 0.25) is 0 Å². The number of nitrogens with zero attached hydrogens (tertiary/aromatic N) is 1. The van der Waals surface area contributed by atoms with Crippen molar-refractivity contribution in [3.05, 3.63) is 41.1 Å². The van der Waals surface area contributed by atoms with E-state index in [0.29, 0.717) is 5.71 Å². The van der Waals surface area contributed by atoms with Crippen LogP contribution < -0.4 is 4.72 Å². The van der Waals surface area contributed by atoms with Gasteiger partial charge in [0, 0.05) is 5.71 Å². The van der Waals surface area contributed by atoms with Crippen LogP contribution in [0.4, 0.5) is 0 Å². The van der Waals surface area contributed by atoms with Crippen molar-refractivity contribution in [2.45, 2.75) is 25.7 Å². The molecule has 0 aliphatic heterocycles. The summed E-state index contributed by atoms with van der Waals surface area (Å²) in [5.74, 6) is -0.798. The number of sulfonamides is 1. The van der Waals surface area contributed by atoms with Crippen molar-refractivity contribution >= 4 is 33.2 Å². The zero-order valence-electron chi connectivity index (χ0n) is 11.3. The molecule has 20 heavy (non-hydrogen) atoms. The second-order valence-corrected chi connectivity index (χ2v) is 6.16. The molecule has 0 bridgehead atoms. The zero-order valence-corrected chi connectivity index (χ0v) is 12.9. The smallest absolute Gasteiger partial charge is 0.266 e. The summed E-state index contributed by atoms with van der Waals surface area (Å²) in [7, 11) is -4.02. The van der Waals surface area contributed by atoms with E-state index in [9.17, 15) is 13.2 Å². The summed E-state index contributed by atoms with van der Waals surface area (Å²) in [5.41, 5.74) is 0.670. The second-order valence-electron chi connectivity index (χ2n) is 4.10. The van der Waals surface area contributed by atoms with Crippen LogP contribution in [-0.2, 0) is 14.8 Å². The highest BCUT2D eigenvalue weighted by molar-refractivity contribution is 7.90. The number of rotatable bonds is 4. The molecule has 108 valence electrons. The van der Waals surface area contributed by atoms with Gasteiger partial charge < -0.3 is 0 Å². The number of aliphatic imine (C=N–C) groups is 1. The average molecular weight is 315 g/mol. The van der Waals surface area contributed by atoms with E-state index in [2.05, 4.69) is 4.99 Å². The topological polar surface area (TPSA) is 75.6 Å². The molecule has 5 nitrogen and oxygen atoms in total. The minimum absolute atomic E-state index is 0.0284. The van der Waals surface area contributed by atoms with Gasteiger partial charge in [0.05, 0.1) is 5.02 Å². The van der Waals surface area contributed by atoms with Crippen LogP contribution in [0.5, 0.6) is 0 Å². The van der Waals surface area contributed by atoms with Crippen molar-refractivity contribution in [2.24, 2.45) is 4.99 Å². The highest BCUT2D eigenvalue weighted by Crippen LogP contribution is 2.20. The Morgan fingerprint density at radius 3 is 2.40 bits per heavy atom. The largest absolute Gasteiger partial charge is 0.283 e. The van der Waals surface area contributed by atoms with Gasteiger partial charge in [-0.25, -0.2) is 13.1 Å². The molecule has 0 saturated carbocycles. The summed E-state index contributed by atoms with van der Waals surface area (Å²) >= 11 is 5.82. The first-order valence-corrected chi connectivity index (χ1v) is 7.64. The lowest BCUT2D eigenvalue weighted by molar-refractivity contribution is -0.115. The van der Waals surface area contributed by atoms with Crippen molar-refractivity contribution in [1.29, 1.82) is 0 Å². The normalized spacial score (nSPS) is 11.9. The molecule has 0 unspecified atom stereocenters. The van der Waals surface area contributed by atoms with E-state index < -0.39 is 15.9 Å². The van der Waals surface area contributed by atoms with Crippen LogP contribution in [0.25, 0.3) is 0 Å². The van der Waals surface area contributed by atoms with Crippen molar-refractivity contribution in [3.8, 4) is 0 Å². The first kappa shape index (κ1) is 16.4. The van der Waals surface area contributed by atoms with Crippen molar-refractivity contribution in [1.82, 2.24) is 4.72 Å². The third-order valence-electron chi connectivity index (χ3n) is 2.20. The zero-order chi connectivity index (χ0) is 15.3. The quantitative estimate of drug-likeness (QED) is 0.685. The Kier molecular flexibility index (Phi) is 5.47. The number of amides is 1. The van der Waals surface area contributed by atoms with Gasteiger partial charge >= 0.3 is 0 Å². The molecule has 0 aliphatic carbocycles. The molecular formula is C13H15ClN2O3S. The Morgan fingerprint density at radius 1 is 1.30 bits per heavy atom. The van der Waals surface area contributed by atoms with Crippen LogP contribution in [0.2, 0.25) is 5.02 Å². The summed E-state index contributed by atoms with van der Waals surface area (Å²) in [4.78, 5) is 15.7. The number of hydrogen-bond acceptors (Lipinski definition) is 4. The van der Waals surface area contributed by atoms with Crippen LogP contribution in [0, 0.1) is 0 Å². The van der Waals surface area contributed by atoms with Crippen molar-refractivity contribution < 1.29 is 13.2 Å². The maximum Gasteiger partial charge on any atom is 0.283 e. The molecule has 0 spiro atoms. The molecule has 0 saturated heterocycles. The fourth-order valence-electron chi connectivity index (χ4n) is 1.38. The number of carbonyl (C=O) groups is 1. The van der Waals surface area contributed by atoms with Crippen molar-refractivity contribution in [3.63, 3.8) is 0 Å². The molecule has 1 N–H and O–H groups in total. The van der Waals surface area contributed by atoms with E-state index in [1.807, 2.05) is 4.72 Å². The van der Waals surface area contributed by atoms with Crippen LogP contribution in [0.15, 0.2) is 45.9 Å². The van der Waals surface area contributed by atoms with E-state index in [1.54, 1.807) is 26.8 Å². The molecule has 0 aromatic heterocycles. The third kappa shape index (κ3) is 4.18. The standard InChI is InChI=1S/C13H15ClN2O3S/c1-4-11(15-9(2)3)13(17)16-20(18,19)12-8-6-5-7-10(12)14/h4-8H,1-3H3,(H,16,17)/b11-4-.